The Balaban J connectivity index is 2.13. The van der Waals surface area contributed by atoms with E-state index in [-0.39, 0.29) is 0 Å². The smallest absolute Gasteiger partial charge is 0.0720 e. The molecule has 0 atom stereocenters. The molecule has 4 heteroatoms. The third-order valence-corrected chi connectivity index (χ3v) is 3.99. The maximum absolute atomic E-state index is 6.12. The molecule has 0 fully saturated rings. The van der Waals surface area contributed by atoms with E-state index in [9.17, 15) is 0 Å². The van der Waals surface area contributed by atoms with Crippen molar-refractivity contribution < 1.29 is 0 Å². The molecule has 0 saturated carbocycles. The normalized spacial score (nSPS) is 10.8. The molecule has 1 rings (SSSR count). The Bertz CT molecular complexity index is 371. The molecule has 0 aliphatic carbocycles. The summed E-state index contributed by atoms with van der Waals surface area (Å²) in [5, 5.41) is 4.48. The van der Waals surface area contributed by atoms with Crippen LogP contribution in [0.4, 0.5) is 11.4 Å². The van der Waals surface area contributed by atoms with Crippen molar-refractivity contribution in [2.24, 2.45) is 0 Å². The summed E-state index contributed by atoms with van der Waals surface area (Å²) in [5.41, 5.74) is 7.07. The average molecular weight is 317 g/mol. The van der Waals surface area contributed by atoms with Crippen LogP contribution < -0.4 is 11.1 Å². The van der Waals surface area contributed by atoms with E-state index < -0.39 is 0 Å². The molecule has 0 amide bonds. The third kappa shape index (κ3) is 6.71. The number of hydrogen-bond donors (Lipinski definition) is 2. The Morgan fingerprint density at radius 2 is 1.40 bits per heavy atom. The van der Waals surface area contributed by atoms with E-state index in [1.807, 2.05) is 0 Å². The van der Waals surface area contributed by atoms with Crippen molar-refractivity contribution in [3.8, 4) is 0 Å². The Kier molecular flexibility index (Phi) is 8.88. The highest BCUT2D eigenvalue weighted by atomic mass is 35.5. The number of benzene rings is 1. The molecule has 0 radical (unpaired) electrons. The monoisotopic (exact) mass is 316 g/mol. The lowest BCUT2D eigenvalue weighted by atomic mass is 10.1. The van der Waals surface area contributed by atoms with Gasteiger partial charge >= 0.3 is 0 Å². The van der Waals surface area contributed by atoms with Gasteiger partial charge in [0.15, 0.2) is 0 Å². The van der Waals surface area contributed by atoms with Gasteiger partial charge in [-0.05, 0) is 18.6 Å². The number of nitrogens with two attached hydrogens (primary N) is 1. The minimum atomic E-state index is 0.592. The third-order valence-electron chi connectivity index (χ3n) is 3.40. The van der Waals surface area contributed by atoms with E-state index in [2.05, 4.69) is 12.2 Å². The first-order valence-corrected chi connectivity index (χ1v) is 8.39. The molecule has 0 saturated heterocycles. The first kappa shape index (κ1) is 17.5. The molecule has 1 aromatic rings. The summed E-state index contributed by atoms with van der Waals surface area (Å²) in [4.78, 5) is 0. The zero-order chi connectivity index (χ0) is 14.8. The number of rotatable bonds is 10. The second kappa shape index (κ2) is 10.2. The fraction of sp³-hybridized carbons (Fsp3) is 0.625. The van der Waals surface area contributed by atoms with E-state index in [0.717, 1.165) is 18.7 Å². The van der Waals surface area contributed by atoms with Crippen LogP contribution in [0.1, 0.15) is 58.3 Å². The summed E-state index contributed by atoms with van der Waals surface area (Å²) in [7, 11) is 0. The summed E-state index contributed by atoms with van der Waals surface area (Å²) >= 11 is 12.2. The Morgan fingerprint density at radius 3 is 1.95 bits per heavy atom. The SMILES string of the molecule is CCCCCCCCCCNc1c(Cl)cc(N)cc1Cl. The van der Waals surface area contributed by atoms with Crippen LogP contribution in [0, 0.1) is 0 Å². The predicted molar refractivity (Wildman–Crippen MR) is 92.0 cm³/mol. The molecular weight excluding hydrogens is 291 g/mol. The molecule has 0 bridgehead atoms. The van der Waals surface area contributed by atoms with Crippen LogP contribution in [-0.4, -0.2) is 6.54 Å². The highest BCUT2D eigenvalue weighted by molar-refractivity contribution is 6.39. The van der Waals surface area contributed by atoms with Crippen molar-refractivity contribution in [3.05, 3.63) is 22.2 Å². The number of hydrogen-bond acceptors (Lipinski definition) is 2. The second-order valence-electron chi connectivity index (χ2n) is 5.26. The molecule has 2 nitrogen and oxygen atoms in total. The number of nitrogens with one attached hydrogen (secondary N) is 1. The van der Waals surface area contributed by atoms with E-state index in [4.69, 9.17) is 28.9 Å². The molecule has 0 unspecified atom stereocenters. The molecule has 114 valence electrons. The maximum Gasteiger partial charge on any atom is 0.0720 e. The largest absolute Gasteiger partial charge is 0.399 e. The fourth-order valence-corrected chi connectivity index (χ4v) is 2.87. The van der Waals surface area contributed by atoms with Gasteiger partial charge in [0.2, 0.25) is 0 Å². The Labute approximate surface area is 133 Å². The zero-order valence-corrected chi connectivity index (χ0v) is 13.9. The van der Waals surface area contributed by atoms with Crippen LogP contribution in [0.15, 0.2) is 12.1 Å². The average Bonchev–Trinajstić information content (AvgIpc) is 2.39. The maximum atomic E-state index is 6.12. The molecule has 0 spiro atoms. The van der Waals surface area contributed by atoms with Crippen LogP contribution in [0.2, 0.25) is 10.0 Å². The number of unbranched alkanes of at least 4 members (excludes halogenated alkanes) is 7. The molecule has 0 aromatic heterocycles. The van der Waals surface area contributed by atoms with Crippen LogP contribution in [-0.2, 0) is 0 Å². The summed E-state index contributed by atoms with van der Waals surface area (Å²) in [6.45, 7) is 3.15. The highest BCUT2D eigenvalue weighted by Crippen LogP contribution is 2.32. The van der Waals surface area contributed by atoms with Gasteiger partial charge in [0.05, 0.1) is 15.7 Å². The van der Waals surface area contributed by atoms with E-state index in [0.29, 0.717) is 15.7 Å². The van der Waals surface area contributed by atoms with Crippen LogP contribution >= 0.6 is 23.2 Å². The van der Waals surface area contributed by atoms with Crippen molar-refractivity contribution in [3.63, 3.8) is 0 Å². The minimum absolute atomic E-state index is 0.592. The number of halogens is 2. The number of nitrogen functional groups attached to an aromatic ring is 1. The molecule has 0 heterocycles. The van der Waals surface area contributed by atoms with Crippen LogP contribution in [0.25, 0.3) is 0 Å². The first-order chi connectivity index (χ1) is 9.65. The summed E-state index contributed by atoms with van der Waals surface area (Å²) in [6.07, 6.45) is 10.5. The molecule has 1 aromatic carbocycles. The standard InChI is InChI=1S/C16H26Cl2N2/c1-2-3-4-5-6-7-8-9-10-20-16-14(17)11-13(19)12-15(16)18/h11-12,20H,2-10,19H2,1H3. The van der Waals surface area contributed by atoms with E-state index >= 15 is 0 Å². The van der Waals surface area contributed by atoms with Gasteiger partial charge in [0.1, 0.15) is 0 Å². The zero-order valence-electron chi connectivity index (χ0n) is 12.4. The topological polar surface area (TPSA) is 38.0 Å². The lowest BCUT2D eigenvalue weighted by Crippen LogP contribution is -2.03. The lowest BCUT2D eigenvalue weighted by molar-refractivity contribution is 0.581. The van der Waals surface area contributed by atoms with Gasteiger partial charge in [-0.1, -0.05) is 75.1 Å². The van der Waals surface area contributed by atoms with E-state index in [1.54, 1.807) is 12.1 Å². The predicted octanol–water partition coefficient (Wildman–Crippen LogP) is 6.13. The van der Waals surface area contributed by atoms with Crippen molar-refractivity contribution in [1.29, 1.82) is 0 Å². The lowest BCUT2D eigenvalue weighted by Gasteiger charge is -2.11. The number of anilines is 2. The minimum Gasteiger partial charge on any atom is -0.399 e. The van der Waals surface area contributed by atoms with Gasteiger partial charge < -0.3 is 11.1 Å². The van der Waals surface area contributed by atoms with Crippen molar-refractivity contribution >= 4 is 34.6 Å². The van der Waals surface area contributed by atoms with Crippen molar-refractivity contribution in [2.45, 2.75) is 58.3 Å². The molecular formula is C16H26Cl2N2. The Hall–Kier alpha value is -0.600. The summed E-state index contributed by atoms with van der Waals surface area (Å²) < 4.78 is 0. The molecule has 0 aliphatic heterocycles. The van der Waals surface area contributed by atoms with Gasteiger partial charge in [-0.15, -0.1) is 0 Å². The Morgan fingerprint density at radius 1 is 0.900 bits per heavy atom. The summed E-state index contributed by atoms with van der Waals surface area (Å²) in [6, 6.07) is 3.45. The molecule has 0 aliphatic rings. The van der Waals surface area contributed by atoms with Crippen molar-refractivity contribution in [1.82, 2.24) is 0 Å². The van der Waals surface area contributed by atoms with Gasteiger partial charge in [0, 0.05) is 12.2 Å². The van der Waals surface area contributed by atoms with Gasteiger partial charge in [0.25, 0.3) is 0 Å². The van der Waals surface area contributed by atoms with Crippen LogP contribution in [0.3, 0.4) is 0 Å². The van der Waals surface area contributed by atoms with Crippen molar-refractivity contribution in [2.75, 3.05) is 17.6 Å². The second-order valence-corrected chi connectivity index (χ2v) is 6.08. The first-order valence-electron chi connectivity index (χ1n) is 7.63. The quantitative estimate of drug-likeness (QED) is 0.402. The summed E-state index contributed by atoms with van der Waals surface area (Å²) in [5.74, 6) is 0. The van der Waals surface area contributed by atoms with Gasteiger partial charge in [-0.25, -0.2) is 0 Å². The molecule has 3 N–H and O–H groups in total. The van der Waals surface area contributed by atoms with Crippen LogP contribution in [0.5, 0.6) is 0 Å². The molecule has 20 heavy (non-hydrogen) atoms. The fourth-order valence-electron chi connectivity index (χ4n) is 2.23. The van der Waals surface area contributed by atoms with E-state index in [1.165, 1.54) is 44.9 Å². The highest BCUT2D eigenvalue weighted by Gasteiger charge is 2.06. The van der Waals surface area contributed by atoms with Gasteiger partial charge in [-0.3, -0.25) is 0 Å². The van der Waals surface area contributed by atoms with Gasteiger partial charge in [-0.2, -0.15) is 0 Å².